The summed E-state index contributed by atoms with van der Waals surface area (Å²) in [6, 6.07) is 15.4. The van der Waals surface area contributed by atoms with E-state index in [0.29, 0.717) is 18.5 Å². The molecule has 0 aliphatic carbocycles. The molecular formula is C17H17N3O. The molecule has 3 rings (SSSR count). The van der Waals surface area contributed by atoms with Gasteiger partial charge in [0.2, 0.25) is 0 Å². The van der Waals surface area contributed by atoms with Crippen LogP contribution in [0.1, 0.15) is 11.3 Å². The second kappa shape index (κ2) is 5.40. The predicted molar refractivity (Wildman–Crippen MR) is 84.0 cm³/mol. The van der Waals surface area contributed by atoms with Gasteiger partial charge in [0.05, 0.1) is 17.6 Å². The van der Waals surface area contributed by atoms with E-state index < -0.39 is 0 Å². The van der Waals surface area contributed by atoms with Crippen LogP contribution in [0.15, 0.2) is 48.5 Å². The topological polar surface area (TPSA) is 60.9 Å². The fourth-order valence-corrected chi connectivity index (χ4v) is 2.60. The number of anilines is 1. The lowest BCUT2D eigenvalue weighted by molar-refractivity contribution is -0.117. The van der Waals surface area contributed by atoms with E-state index in [4.69, 9.17) is 5.73 Å². The molecule has 2 N–H and O–H groups in total. The number of aryl methyl sites for hydroxylation is 1. The second-order valence-corrected chi connectivity index (χ2v) is 5.22. The number of nitrogens with zero attached hydrogens (tertiary/aromatic N) is 2. The van der Waals surface area contributed by atoms with Crippen molar-refractivity contribution in [3.63, 3.8) is 0 Å². The third-order valence-corrected chi connectivity index (χ3v) is 3.55. The zero-order valence-corrected chi connectivity index (χ0v) is 11.9. The average molecular weight is 279 g/mol. The monoisotopic (exact) mass is 279 g/mol. The summed E-state index contributed by atoms with van der Waals surface area (Å²) in [5.74, 6) is 0.143. The highest BCUT2D eigenvalue weighted by Gasteiger charge is 2.12. The highest BCUT2D eigenvalue weighted by Crippen LogP contribution is 2.18. The standard InChI is InChI=1S/C17H17N3O/c1-20-17-8-3-2-7-15(17)16(19-20)11-14(21)10-12-5-4-6-13(18)9-12/h2-9H,10-11,18H2,1H3. The van der Waals surface area contributed by atoms with Crippen LogP contribution >= 0.6 is 0 Å². The number of nitrogens with two attached hydrogens (primary N) is 1. The van der Waals surface area contributed by atoms with Crippen LogP contribution < -0.4 is 5.73 Å². The molecule has 2 aromatic carbocycles. The van der Waals surface area contributed by atoms with Gasteiger partial charge in [0.15, 0.2) is 0 Å². The van der Waals surface area contributed by atoms with E-state index in [-0.39, 0.29) is 5.78 Å². The fourth-order valence-electron chi connectivity index (χ4n) is 2.60. The maximum absolute atomic E-state index is 12.3. The Balaban J connectivity index is 1.80. The number of Topliss-reactive ketones (excluding diaryl/α,β-unsaturated/α-hetero) is 1. The normalized spacial score (nSPS) is 10.9. The van der Waals surface area contributed by atoms with Crippen LogP contribution in [0.4, 0.5) is 5.69 Å². The number of benzene rings is 2. The van der Waals surface area contributed by atoms with Gasteiger partial charge in [0, 0.05) is 24.5 Å². The lowest BCUT2D eigenvalue weighted by Gasteiger charge is -2.01. The van der Waals surface area contributed by atoms with Gasteiger partial charge in [-0.3, -0.25) is 9.48 Å². The maximum atomic E-state index is 12.3. The molecule has 0 saturated heterocycles. The molecule has 0 aliphatic rings. The first kappa shape index (κ1) is 13.4. The molecule has 3 aromatic rings. The van der Waals surface area contributed by atoms with Crippen molar-refractivity contribution < 1.29 is 4.79 Å². The smallest absolute Gasteiger partial charge is 0.143 e. The van der Waals surface area contributed by atoms with Gasteiger partial charge in [-0.2, -0.15) is 5.10 Å². The van der Waals surface area contributed by atoms with Crippen molar-refractivity contribution in [1.29, 1.82) is 0 Å². The van der Waals surface area contributed by atoms with Crippen molar-refractivity contribution in [2.75, 3.05) is 5.73 Å². The zero-order valence-electron chi connectivity index (χ0n) is 11.9. The molecule has 0 radical (unpaired) electrons. The molecule has 1 aromatic heterocycles. The number of hydrogen-bond acceptors (Lipinski definition) is 3. The van der Waals surface area contributed by atoms with Crippen molar-refractivity contribution >= 4 is 22.4 Å². The number of nitrogen functional groups attached to an aromatic ring is 1. The Bertz CT molecular complexity index is 805. The van der Waals surface area contributed by atoms with Gasteiger partial charge in [0.25, 0.3) is 0 Å². The summed E-state index contributed by atoms with van der Waals surface area (Å²) in [6.45, 7) is 0. The van der Waals surface area contributed by atoms with E-state index in [1.807, 2.05) is 60.3 Å². The molecule has 0 spiro atoms. The summed E-state index contributed by atoms with van der Waals surface area (Å²) < 4.78 is 1.82. The van der Waals surface area contributed by atoms with Crippen LogP contribution in [-0.2, 0) is 24.7 Å². The molecule has 0 amide bonds. The SMILES string of the molecule is Cn1nc(CC(=O)Cc2cccc(N)c2)c2ccccc21. The minimum Gasteiger partial charge on any atom is -0.399 e. The molecular weight excluding hydrogens is 262 g/mol. The summed E-state index contributed by atoms with van der Waals surface area (Å²) in [5, 5.41) is 5.50. The largest absolute Gasteiger partial charge is 0.399 e. The van der Waals surface area contributed by atoms with Gasteiger partial charge in [0.1, 0.15) is 5.78 Å². The number of ketones is 1. The van der Waals surface area contributed by atoms with Crippen molar-refractivity contribution in [3.05, 3.63) is 59.8 Å². The minimum atomic E-state index is 0.143. The molecule has 0 bridgehead atoms. The maximum Gasteiger partial charge on any atom is 0.143 e. The Kier molecular flexibility index (Phi) is 3.44. The zero-order chi connectivity index (χ0) is 14.8. The molecule has 0 fully saturated rings. The second-order valence-electron chi connectivity index (χ2n) is 5.22. The van der Waals surface area contributed by atoms with Gasteiger partial charge >= 0.3 is 0 Å². The number of carbonyl (C=O) groups excluding carboxylic acids is 1. The van der Waals surface area contributed by atoms with E-state index in [1.54, 1.807) is 0 Å². The van der Waals surface area contributed by atoms with Gasteiger partial charge in [-0.05, 0) is 23.8 Å². The van der Waals surface area contributed by atoms with Gasteiger partial charge in [-0.1, -0.05) is 30.3 Å². The number of para-hydroxylation sites is 1. The molecule has 1 heterocycles. The highest BCUT2D eigenvalue weighted by molar-refractivity contribution is 5.89. The van der Waals surface area contributed by atoms with E-state index in [0.717, 1.165) is 22.2 Å². The van der Waals surface area contributed by atoms with Gasteiger partial charge in [-0.25, -0.2) is 0 Å². The number of carbonyl (C=O) groups is 1. The number of fused-ring (bicyclic) bond motifs is 1. The average Bonchev–Trinajstić information content (AvgIpc) is 2.76. The first-order valence-electron chi connectivity index (χ1n) is 6.90. The Morgan fingerprint density at radius 2 is 1.95 bits per heavy atom. The Labute approximate surface area is 123 Å². The van der Waals surface area contributed by atoms with Crippen LogP contribution in [-0.4, -0.2) is 15.6 Å². The Morgan fingerprint density at radius 3 is 2.76 bits per heavy atom. The van der Waals surface area contributed by atoms with Crippen LogP contribution in [0.2, 0.25) is 0 Å². The number of hydrogen-bond donors (Lipinski definition) is 1. The van der Waals surface area contributed by atoms with Crippen molar-refractivity contribution in [3.8, 4) is 0 Å². The van der Waals surface area contributed by atoms with Crippen molar-refractivity contribution in [1.82, 2.24) is 9.78 Å². The van der Waals surface area contributed by atoms with Crippen molar-refractivity contribution in [2.45, 2.75) is 12.8 Å². The first-order valence-corrected chi connectivity index (χ1v) is 6.90. The Morgan fingerprint density at radius 1 is 1.14 bits per heavy atom. The summed E-state index contributed by atoms with van der Waals surface area (Å²) in [4.78, 5) is 12.3. The fraction of sp³-hybridized carbons (Fsp3) is 0.176. The first-order chi connectivity index (χ1) is 10.1. The highest BCUT2D eigenvalue weighted by atomic mass is 16.1. The number of aromatic nitrogens is 2. The third-order valence-electron chi connectivity index (χ3n) is 3.55. The van der Waals surface area contributed by atoms with Crippen LogP contribution in [0.3, 0.4) is 0 Å². The molecule has 106 valence electrons. The molecule has 21 heavy (non-hydrogen) atoms. The van der Waals surface area contributed by atoms with E-state index in [2.05, 4.69) is 5.10 Å². The van der Waals surface area contributed by atoms with Gasteiger partial charge < -0.3 is 5.73 Å². The Hall–Kier alpha value is -2.62. The van der Waals surface area contributed by atoms with E-state index in [9.17, 15) is 4.79 Å². The van der Waals surface area contributed by atoms with E-state index in [1.165, 1.54) is 0 Å². The third kappa shape index (κ3) is 2.79. The predicted octanol–water partition coefficient (Wildman–Crippen LogP) is 2.51. The summed E-state index contributed by atoms with van der Waals surface area (Å²) in [6.07, 6.45) is 0.728. The lowest BCUT2D eigenvalue weighted by atomic mass is 10.0. The summed E-state index contributed by atoms with van der Waals surface area (Å²) >= 11 is 0. The minimum absolute atomic E-state index is 0.143. The molecule has 0 unspecified atom stereocenters. The summed E-state index contributed by atoms with van der Waals surface area (Å²) in [7, 11) is 1.90. The van der Waals surface area contributed by atoms with Gasteiger partial charge in [-0.15, -0.1) is 0 Å². The molecule has 4 heteroatoms. The molecule has 0 atom stereocenters. The lowest BCUT2D eigenvalue weighted by Crippen LogP contribution is -2.08. The summed E-state index contributed by atoms with van der Waals surface area (Å²) in [5.41, 5.74) is 9.25. The molecule has 4 nitrogen and oxygen atoms in total. The molecule has 0 aliphatic heterocycles. The van der Waals surface area contributed by atoms with Crippen molar-refractivity contribution in [2.24, 2.45) is 7.05 Å². The van der Waals surface area contributed by atoms with Crippen LogP contribution in [0.5, 0.6) is 0 Å². The molecule has 0 saturated carbocycles. The number of rotatable bonds is 4. The van der Waals surface area contributed by atoms with Crippen LogP contribution in [0.25, 0.3) is 10.9 Å². The quantitative estimate of drug-likeness (QED) is 0.746. The van der Waals surface area contributed by atoms with Crippen LogP contribution in [0, 0.1) is 0 Å². The van der Waals surface area contributed by atoms with E-state index >= 15 is 0 Å².